The lowest BCUT2D eigenvalue weighted by molar-refractivity contribution is 0.100. The number of nitrogens with one attached hydrogen (secondary N) is 1. The molecule has 1 N–H and O–H groups in total. The second-order valence-electron chi connectivity index (χ2n) is 7.18. The van der Waals surface area contributed by atoms with Crippen molar-refractivity contribution in [2.24, 2.45) is 4.99 Å². The van der Waals surface area contributed by atoms with Crippen LogP contribution in [0.5, 0.6) is 0 Å². The van der Waals surface area contributed by atoms with Gasteiger partial charge in [-0.25, -0.2) is 4.99 Å². The molecule has 7 heteroatoms. The molecule has 3 heterocycles. The lowest BCUT2D eigenvalue weighted by Gasteiger charge is -2.40. The summed E-state index contributed by atoms with van der Waals surface area (Å²) in [7, 11) is 3.97. The number of aliphatic imine (C=N–C) groups is 1. The fourth-order valence-corrected chi connectivity index (χ4v) is 4.81. The third-order valence-electron chi connectivity index (χ3n) is 5.26. The molecule has 2 aromatic rings. The zero-order chi connectivity index (χ0) is 19.0. The van der Waals surface area contributed by atoms with E-state index in [0.717, 1.165) is 54.9 Å². The van der Waals surface area contributed by atoms with Gasteiger partial charge in [0.15, 0.2) is 0 Å². The van der Waals surface area contributed by atoms with Crippen molar-refractivity contribution in [2.45, 2.75) is 19.4 Å². The standard InChI is InChI=1S/C20H25ClN4OS/c1-13-10-16-19(25-8-7-24(2)15(12-25)6-9-26-3)22-17-5-4-14(21)11-18(17)23-20(16)27-13/h4-5,10-11,15,23H,6-9,12H2,1-3H3. The van der Waals surface area contributed by atoms with E-state index in [1.54, 1.807) is 18.4 Å². The van der Waals surface area contributed by atoms with Crippen molar-refractivity contribution in [3.05, 3.63) is 39.7 Å². The molecule has 0 saturated carbocycles. The summed E-state index contributed by atoms with van der Waals surface area (Å²) in [6, 6.07) is 8.55. The summed E-state index contributed by atoms with van der Waals surface area (Å²) < 4.78 is 5.31. The number of nitrogens with zero attached hydrogens (tertiary/aromatic N) is 3. The highest BCUT2D eigenvalue weighted by molar-refractivity contribution is 7.16. The third-order valence-corrected chi connectivity index (χ3v) is 6.46. The Bertz CT molecular complexity index is 866. The molecule has 4 rings (SSSR count). The van der Waals surface area contributed by atoms with Crippen LogP contribution in [-0.4, -0.2) is 62.1 Å². The first-order valence-electron chi connectivity index (χ1n) is 9.25. The number of piperazine rings is 1. The number of likely N-dealkylation sites (N-methyl/N-ethyl adjacent to an activating group) is 1. The van der Waals surface area contributed by atoms with Gasteiger partial charge in [0.05, 0.1) is 16.9 Å². The minimum absolute atomic E-state index is 0.463. The molecule has 5 nitrogen and oxygen atoms in total. The maximum Gasteiger partial charge on any atom is 0.139 e. The summed E-state index contributed by atoms with van der Waals surface area (Å²) in [5.74, 6) is 1.05. The predicted octanol–water partition coefficient (Wildman–Crippen LogP) is 4.50. The zero-order valence-corrected chi connectivity index (χ0v) is 17.5. The van der Waals surface area contributed by atoms with Crippen LogP contribution in [0, 0.1) is 6.92 Å². The highest BCUT2D eigenvalue weighted by atomic mass is 35.5. The molecule has 1 atom stereocenters. The van der Waals surface area contributed by atoms with Crippen LogP contribution in [0.1, 0.15) is 16.9 Å². The first-order chi connectivity index (χ1) is 13.0. The van der Waals surface area contributed by atoms with Crippen LogP contribution in [0.25, 0.3) is 0 Å². The third kappa shape index (κ3) is 3.85. The molecule has 0 radical (unpaired) electrons. The molecule has 1 aromatic heterocycles. The normalized spacial score (nSPS) is 19.8. The van der Waals surface area contributed by atoms with Crippen molar-refractivity contribution < 1.29 is 4.74 Å². The van der Waals surface area contributed by atoms with Crippen LogP contribution in [0.4, 0.5) is 16.4 Å². The zero-order valence-electron chi connectivity index (χ0n) is 16.0. The molecule has 0 aliphatic carbocycles. The van der Waals surface area contributed by atoms with Crippen molar-refractivity contribution in [1.82, 2.24) is 9.80 Å². The summed E-state index contributed by atoms with van der Waals surface area (Å²) in [4.78, 5) is 11.2. The van der Waals surface area contributed by atoms with Gasteiger partial charge in [-0.2, -0.15) is 0 Å². The Balaban J connectivity index is 1.72. The molecule has 2 aliphatic rings. The Morgan fingerprint density at radius 2 is 2.19 bits per heavy atom. The van der Waals surface area contributed by atoms with Gasteiger partial charge < -0.3 is 15.0 Å². The Morgan fingerprint density at radius 3 is 3.00 bits per heavy atom. The first-order valence-corrected chi connectivity index (χ1v) is 10.4. The van der Waals surface area contributed by atoms with Crippen molar-refractivity contribution >= 4 is 45.1 Å². The minimum atomic E-state index is 0.463. The SMILES string of the molecule is COCCC1CN(C2=Nc3ccc(Cl)cc3Nc3sc(C)cc32)CCN1C. The Labute approximate surface area is 169 Å². The van der Waals surface area contributed by atoms with E-state index in [0.29, 0.717) is 11.1 Å². The first kappa shape index (κ1) is 18.7. The Kier molecular flexibility index (Phi) is 5.41. The topological polar surface area (TPSA) is 40.1 Å². The fraction of sp³-hybridized carbons (Fsp3) is 0.450. The second kappa shape index (κ2) is 7.80. The number of fused-ring (bicyclic) bond motifs is 2. The van der Waals surface area contributed by atoms with E-state index in [1.807, 2.05) is 18.2 Å². The molecular weight excluding hydrogens is 380 g/mol. The minimum Gasteiger partial charge on any atom is -0.385 e. The monoisotopic (exact) mass is 404 g/mol. The van der Waals surface area contributed by atoms with E-state index < -0.39 is 0 Å². The Hall–Kier alpha value is -1.60. The molecule has 144 valence electrons. The summed E-state index contributed by atoms with van der Waals surface area (Å²) in [6.07, 6.45) is 1.02. The lowest BCUT2D eigenvalue weighted by atomic mass is 10.1. The van der Waals surface area contributed by atoms with Gasteiger partial charge in [0.25, 0.3) is 0 Å². The average molecular weight is 405 g/mol. The van der Waals surface area contributed by atoms with E-state index in [2.05, 4.69) is 35.2 Å². The van der Waals surface area contributed by atoms with E-state index >= 15 is 0 Å². The van der Waals surface area contributed by atoms with Gasteiger partial charge in [-0.3, -0.25) is 4.90 Å². The number of hydrogen-bond donors (Lipinski definition) is 1. The van der Waals surface area contributed by atoms with Crippen LogP contribution in [0.3, 0.4) is 0 Å². The highest BCUT2D eigenvalue weighted by Gasteiger charge is 2.29. The van der Waals surface area contributed by atoms with Gasteiger partial charge in [0.1, 0.15) is 10.8 Å². The molecule has 1 aromatic carbocycles. The van der Waals surface area contributed by atoms with Gasteiger partial charge in [0, 0.05) is 49.3 Å². The van der Waals surface area contributed by atoms with Crippen LogP contribution in [-0.2, 0) is 4.74 Å². The predicted molar refractivity (Wildman–Crippen MR) is 114 cm³/mol. The quantitative estimate of drug-likeness (QED) is 0.817. The molecule has 0 spiro atoms. The van der Waals surface area contributed by atoms with Gasteiger partial charge in [-0.1, -0.05) is 11.6 Å². The van der Waals surface area contributed by atoms with Gasteiger partial charge in [-0.05, 0) is 44.7 Å². The number of benzene rings is 1. The summed E-state index contributed by atoms with van der Waals surface area (Å²) in [5, 5.41) is 5.41. The van der Waals surface area contributed by atoms with Crippen LogP contribution in [0.2, 0.25) is 5.02 Å². The number of hydrogen-bond acceptors (Lipinski definition) is 6. The van der Waals surface area contributed by atoms with Crippen molar-refractivity contribution in [2.75, 3.05) is 45.7 Å². The van der Waals surface area contributed by atoms with Gasteiger partial charge in [-0.15, -0.1) is 11.3 Å². The van der Waals surface area contributed by atoms with E-state index in [1.165, 1.54) is 10.4 Å². The van der Waals surface area contributed by atoms with Crippen LogP contribution < -0.4 is 5.32 Å². The highest BCUT2D eigenvalue weighted by Crippen LogP contribution is 2.40. The number of amidine groups is 1. The summed E-state index contributed by atoms with van der Waals surface area (Å²) >= 11 is 7.98. The molecule has 1 unspecified atom stereocenters. The van der Waals surface area contributed by atoms with Crippen LogP contribution >= 0.6 is 22.9 Å². The fourth-order valence-electron chi connectivity index (χ4n) is 3.72. The molecule has 27 heavy (non-hydrogen) atoms. The van der Waals surface area contributed by atoms with E-state index in [4.69, 9.17) is 21.3 Å². The van der Waals surface area contributed by atoms with Crippen LogP contribution in [0.15, 0.2) is 29.3 Å². The molecule has 2 aliphatic heterocycles. The molecule has 1 saturated heterocycles. The number of anilines is 2. The van der Waals surface area contributed by atoms with Crippen molar-refractivity contribution in [3.63, 3.8) is 0 Å². The molecule has 0 amide bonds. The lowest BCUT2D eigenvalue weighted by Crippen LogP contribution is -2.53. The number of methoxy groups -OCH3 is 1. The van der Waals surface area contributed by atoms with Gasteiger partial charge in [0.2, 0.25) is 0 Å². The second-order valence-corrected chi connectivity index (χ2v) is 8.88. The number of thiophene rings is 1. The number of halogens is 1. The summed E-state index contributed by atoms with van der Waals surface area (Å²) in [5.41, 5.74) is 3.08. The number of aryl methyl sites for hydroxylation is 1. The molecule has 0 bridgehead atoms. The molecule has 1 fully saturated rings. The van der Waals surface area contributed by atoms with Crippen molar-refractivity contribution in [3.8, 4) is 0 Å². The van der Waals surface area contributed by atoms with E-state index in [9.17, 15) is 0 Å². The number of rotatable bonds is 3. The maximum atomic E-state index is 6.22. The van der Waals surface area contributed by atoms with Gasteiger partial charge >= 0.3 is 0 Å². The molecular formula is C20H25ClN4OS. The average Bonchev–Trinajstić information content (AvgIpc) is 2.93. The Morgan fingerprint density at radius 1 is 1.33 bits per heavy atom. The number of ether oxygens (including phenoxy) is 1. The van der Waals surface area contributed by atoms with Crippen molar-refractivity contribution in [1.29, 1.82) is 0 Å². The smallest absolute Gasteiger partial charge is 0.139 e. The maximum absolute atomic E-state index is 6.22. The summed E-state index contributed by atoms with van der Waals surface area (Å²) in [6.45, 7) is 5.86. The largest absolute Gasteiger partial charge is 0.385 e. The van der Waals surface area contributed by atoms with E-state index in [-0.39, 0.29) is 0 Å².